The van der Waals surface area contributed by atoms with Crippen molar-refractivity contribution in [2.45, 2.75) is 25.8 Å². The Bertz CT molecular complexity index is 843. The van der Waals surface area contributed by atoms with Gasteiger partial charge in [0.25, 0.3) is 0 Å². The number of hydrogen-bond donors (Lipinski definition) is 0. The summed E-state index contributed by atoms with van der Waals surface area (Å²) in [6.45, 7) is 1.67. The Morgan fingerprint density at radius 1 is 1.27 bits per heavy atom. The van der Waals surface area contributed by atoms with Crippen LogP contribution in [-0.4, -0.2) is 35.2 Å². The summed E-state index contributed by atoms with van der Waals surface area (Å²) in [5.41, 5.74) is -0.526. The molecule has 136 valence electrons. The summed E-state index contributed by atoms with van der Waals surface area (Å²) in [4.78, 5) is 28.9. The summed E-state index contributed by atoms with van der Waals surface area (Å²) in [5, 5.41) is 0. The molecule has 1 atom stereocenters. The van der Waals surface area contributed by atoms with Gasteiger partial charge in [0.1, 0.15) is 11.6 Å². The Labute approximate surface area is 149 Å². The second-order valence-electron chi connectivity index (χ2n) is 6.00. The van der Waals surface area contributed by atoms with Crippen LogP contribution in [0.5, 0.6) is 0 Å². The minimum Gasteiger partial charge on any atom is -0.465 e. The van der Waals surface area contributed by atoms with E-state index in [0.29, 0.717) is 0 Å². The summed E-state index contributed by atoms with van der Waals surface area (Å²) in [5.74, 6) is -4.76. The fourth-order valence-electron chi connectivity index (χ4n) is 2.48. The second-order valence-corrected chi connectivity index (χ2v) is 6.00. The largest absolute Gasteiger partial charge is 0.465 e. The van der Waals surface area contributed by atoms with Crippen molar-refractivity contribution in [1.82, 2.24) is 4.57 Å². The first-order valence-corrected chi connectivity index (χ1v) is 8.37. The molecular weight excluding hydrogens is 342 g/mol. The van der Waals surface area contributed by atoms with Crippen LogP contribution < -0.4 is 0 Å². The smallest absolute Gasteiger partial charge is 0.322 e. The third-order valence-electron chi connectivity index (χ3n) is 4.00. The highest BCUT2D eigenvalue weighted by Crippen LogP contribution is 2.25. The molecule has 1 aromatic heterocycles. The number of carbonyl (C=O) groups excluding carboxylic acids is 2. The molecule has 3 rings (SSSR count). The number of halogens is 2. The van der Waals surface area contributed by atoms with E-state index < -0.39 is 34.9 Å². The number of nitrogens with zero attached hydrogens (tertiary/aromatic N) is 2. The fourth-order valence-corrected chi connectivity index (χ4v) is 2.48. The van der Waals surface area contributed by atoms with Crippen molar-refractivity contribution in [3.63, 3.8) is 0 Å². The number of hydrogen-bond acceptors (Lipinski definition) is 4. The van der Waals surface area contributed by atoms with Crippen LogP contribution in [0.2, 0.25) is 0 Å². The lowest BCUT2D eigenvalue weighted by molar-refractivity contribution is -0.143. The molecule has 7 heteroatoms. The minimum atomic E-state index is -1.39. The van der Waals surface area contributed by atoms with Crippen molar-refractivity contribution in [2.24, 2.45) is 10.9 Å². The molecule has 0 aliphatic heterocycles. The predicted molar refractivity (Wildman–Crippen MR) is 91.7 cm³/mol. The summed E-state index contributed by atoms with van der Waals surface area (Å²) in [6.07, 6.45) is 6.07. The van der Waals surface area contributed by atoms with Gasteiger partial charge in [-0.05, 0) is 38.0 Å². The molecule has 0 spiro atoms. The van der Waals surface area contributed by atoms with E-state index in [1.165, 1.54) is 10.8 Å². The van der Waals surface area contributed by atoms with Crippen LogP contribution in [0.4, 0.5) is 8.78 Å². The molecule has 0 amide bonds. The van der Waals surface area contributed by atoms with Crippen molar-refractivity contribution in [3.8, 4) is 5.69 Å². The molecular formula is C19H18F2N2O3. The van der Waals surface area contributed by atoms with E-state index in [9.17, 15) is 18.4 Å². The first-order valence-electron chi connectivity index (χ1n) is 8.37. The molecule has 5 nitrogen and oxygen atoms in total. The molecule has 1 saturated carbocycles. The zero-order valence-corrected chi connectivity index (χ0v) is 14.2. The number of rotatable bonds is 7. The maximum Gasteiger partial charge on any atom is 0.322 e. The lowest BCUT2D eigenvalue weighted by Crippen LogP contribution is -2.28. The topological polar surface area (TPSA) is 60.7 Å². The average molecular weight is 360 g/mol. The Balaban J connectivity index is 1.93. The van der Waals surface area contributed by atoms with E-state index in [2.05, 4.69) is 4.99 Å². The number of aliphatic imine (C=N–C) groups is 1. The van der Waals surface area contributed by atoms with Crippen LogP contribution in [0, 0.1) is 17.6 Å². The van der Waals surface area contributed by atoms with Crippen molar-refractivity contribution in [3.05, 3.63) is 53.9 Å². The van der Waals surface area contributed by atoms with Gasteiger partial charge in [0.2, 0.25) is 0 Å². The average Bonchev–Trinajstić information content (AvgIpc) is 3.28. The maximum absolute atomic E-state index is 14.5. The van der Waals surface area contributed by atoms with Gasteiger partial charge in [0.15, 0.2) is 11.7 Å². The van der Waals surface area contributed by atoms with Gasteiger partial charge in [0, 0.05) is 30.7 Å². The van der Waals surface area contributed by atoms with E-state index in [1.54, 1.807) is 31.5 Å². The summed E-state index contributed by atoms with van der Waals surface area (Å²) >= 11 is 0. The van der Waals surface area contributed by atoms with Gasteiger partial charge in [-0.3, -0.25) is 14.6 Å². The highest BCUT2D eigenvalue weighted by Gasteiger charge is 2.31. The van der Waals surface area contributed by atoms with Crippen molar-refractivity contribution >= 4 is 18.0 Å². The lowest BCUT2D eigenvalue weighted by Gasteiger charge is -2.13. The van der Waals surface area contributed by atoms with E-state index in [-0.39, 0.29) is 18.3 Å². The third-order valence-corrected chi connectivity index (χ3v) is 4.00. The molecule has 26 heavy (non-hydrogen) atoms. The molecule has 0 bridgehead atoms. The monoisotopic (exact) mass is 360 g/mol. The zero-order chi connectivity index (χ0) is 18.7. The fraction of sp³-hybridized carbons (Fsp3) is 0.316. The lowest BCUT2D eigenvalue weighted by atomic mass is 9.97. The number of ketones is 1. The first-order chi connectivity index (χ1) is 12.5. The van der Waals surface area contributed by atoms with Crippen LogP contribution in [0.15, 0.2) is 41.7 Å². The van der Waals surface area contributed by atoms with Gasteiger partial charge >= 0.3 is 5.97 Å². The Kier molecular flexibility index (Phi) is 5.25. The Morgan fingerprint density at radius 2 is 1.96 bits per heavy atom. The highest BCUT2D eigenvalue weighted by atomic mass is 19.1. The van der Waals surface area contributed by atoms with Gasteiger partial charge < -0.3 is 9.30 Å². The molecule has 1 unspecified atom stereocenters. The Hall–Kier alpha value is -2.83. The number of aromatic nitrogens is 1. The Morgan fingerprint density at radius 3 is 2.58 bits per heavy atom. The van der Waals surface area contributed by atoms with Gasteiger partial charge in [-0.1, -0.05) is 0 Å². The maximum atomic E-state index is 14.5. The van der Waals surface area contributed by atoms with Crippen molar-refractivity contribution < 1.29 is 23.1 Å². The van der Waals surface area contributed by atoms with Gasteiger partial charge in [-0.25, -0.2) is 8.78 Å². The molecule has 1 fully saturated rings. The first kappa shape index (κ1) is 18.0. The number of carbonyl (C=O) groups is 2. The quantitative estimate of drug-likeness (QED) is 0.329. The number of Topliss-reactive ketones (excluding diaryl/α,β-unsaturated/α-hetero) is 1. The molecule has 1 aliphatic rings. The van der Waals surface area contributed by atoms with Gasteiger partial charge in [0.05, 0.1) is 17.9 Å². The molecule has 0 saturated heterocycles. The van der Waals surface area contributed by atoms with Crippen LogP contribution in [0.1, 0.15) is 30.1 Å². The SMILES string of the molecule is CCOC(=O)C(C=NC1CC1)C(=O)c1cc(F)c(-n2cccc2)cc1F. The summed E-state index contributed by atoms with van der Waals surface area (Å²) < 4.78 is 35.2. The van der Waals surface area contributed by atoms with Crippen LogP contribution in [0.25, 0.3) is 5.69 Å². The van der Waals surface area contributed by atoms with Crippen LogP contribution >= 0.6 is 0 Å². The molecule has 1 heterocycles. The summed E-state index contributed by atoms with van der Waals surface area (Å²) in [6, 6.07) is 5.16. The molecule has 1 aromatic carbocycles. The number of esters is 1. The summed E-state index contributed by atoms with van der Waals surface area (Å²) in [7, 11) is 0. The molecule has 2 aromatic rings. The second kappa shape index (κ2) is 7.59. The van der Waals surface area contributed by atoms with Crippen molar-refractivity contribution in [2.75, 3.05) is 6.61 Å². The predicted octanol–water partition coefficient (Wildman–Crippen LogP) is 3.35. The van der Waals surface area contributed by atoms with E-state index in [4.69, 9.17) is 4.74 Å². The molecule has 0 N–H and O–H groups in total. The number of ether oxygens (including phenoxy) is 1. The zero-order valence-electron chi connectivity index (χ0n) is 14.2. The normalized spacial score (nSPS) is 15.2. The standard InChI is InChI=1S/C19H18F2N2O3/c1-2-26-19(25)14(11-22-12-5-6-12)18(24)13-9-16(21)17(10-15(13)20)23-7-3-4-8-23/h3-4,7-12,14H,2,5-6H2,1H3. The third kappa shape index (κ3) is 3.87. The van der Waals surface area contributed by atoms with Gasteiger partial charge in [-0.15, -0.1) is 0 Å². The van der Waals surface area contributed by atoms with Gasteiger partial charge in [-0.2, -0.15) is 0 Å². The highest BCUT2D eigenvalue weighted by molar-refractivity contribution is 6.18. The van der Waals surface area contributed by atoms with E-state index in [1.807, 2.05) is 0 Å². The molecule has 1 aliphatic carbocycles. The van der Waals surface area contributed by atoms with Crippen molar-refractivity contribution in [1.29, 1.82) is 0 Å². The van der Waals surface area contributed by atoms with E-state index >= 15 is 0 Å². The molecule has 0 radical (unpaired) electrons. The van der Waals surface area contributed by atoms with E-state index in [0.717, 1.165) is 25.0 Å². The number of benzene rings is 1. The van der Waals surface area contributed by atoms with Crippen LogP contribution in [-0.2, 0) is 9.53 Å². The van der Waals surface area contributed by atoms with Crippen LogP contribution in [0.3, 0.4) is 0 Å². The minimum absolute atomic E-state index is 0.0246.